The Balaban J connectivity index is 1.65. The van der Waals surface area contributed by atoms with Crippen molar-refractivity contribution in [3.05, 3.63) is 36.0 Å². The van der Waals surface area contributed by atoms with Crippen LogP contribution in [0.2, 0.25) is 0 Å². The summed E-state index contributed by atoms with van der Waals surface area (Å²) in [5, 5.41) is 4.26. The molecule has 1 saturated heterocycles. The van der Waals surface area contributed by atoms with Crippen molar-refractivity contribution in [2.45, 2.75) is 39.3 Å². The molecule has 0 spiro atoms. The summed E-state index contributed by atoms with van der Waals surface area (Å²) in [7, 11) is 1.96. The number of hydrogen-bond donors (Lipinski definition) is 0. The maximum absolute atomic E-state index is 4.73. The Morgan fingerprint density at radius 2 is 2.13 bits per heavy atom. The fourth-order valence-electron chi connectivity index (χ4n) is 3.04. The minimum atomic E-state index is 0.360. The first kappa shape index (κ1) is 15.9. The Labute approximate surface area is 138 Å². The van der Waals surface area contributed by atoms with Gasteiger partial charge in [-0.1, -0.05) is 13.8 Å². The molecule has 0 saturated carbocycles. The lowest BCUT2D eigenvalue weighted by molar-refractivity contribution is 0.180. The van der Waals surface area contributed by atoms with E-state index in [0.29, 0.717) is 12.0 Å². The normalized spacial score (nSPS) is 19.5. The third kappa shape index (κ3) is 3.69. The molecule has 124 valence electrons. The van der Waals surface area contributed by atoms with E-state index in [-0.39, 0.29) is 0 Å². The van der Waals surface area contributed by atoms with E-state index in [4.69, 9.17) is 4.98 Å². The van der Waals surface area contributed by atoms with Gasteiger partial charge in [-0.15, -0.1) is 0 Å². The van der Waals surface area contributed by atoms with Crippen molar-refractivity contribution < 1.29 is 0 Å². The van der Waals surface area contributed by atoms with Gasteiger partial charge in [0, 0.05) is 63.1 Å². The summed E-state index contributed by atoms with van der Waals surface area (Å²) in [6, 6.07) is 2.51. The first-order valence-corrected chi connectivity index (χ1v) is 8.32. The maximum atomic E-state index is 4.73. The lowest BCUT2D eigenvalue weighted by Gasteiger charge is -2.40. The third-order valence-electron chi connectivity index (χ3n) is 4.41. The molecule has 23 heavy (non-hydrogen) atoms. The van der Waals surface area contributed by atoms with E-state index >= 15 is 0 Å². The summed E-state index contributed by atoms with van der Waals surface area (Å²) < 4.78 is 1.87. The average Bonchev–Trinajstić information content (AvgIpc) is 2.94. The topological polar surface area (TPSA) is 50.1 Å². The van der Waals surface area contributed by atoms with E-state index in [2.05, 4.69) is 46.9 Å². The Morgan fingerprint density at radius 3 is 2.78 bits per heavy atom. The Hall–Kier alpha value is -1.95. The molecule has 1 unspecified atom stereocenters. The number of aromatic nitrogens is 4. The molecule has 0 N–H and O–H groups in total. The van der Waals surface area contributed by atoms with Gasteiger partial charge in [-0.25, -0.2) is 9.97 Å². The van der Waals surface area contributed by atoms with Gasteiger partial charge in [-0.05, 0) is 13.0 Å². The minimum Gasteiger partial charge on any atom is -0.354 e. The standard InChI is InChI=1S/C17H26N6/c1-13(2)17-18-6-5-16(20-17)23-8-7-22(14(3)10-23)12-15-9-19-21(4)11-15/h5-6,9,11,13-14H,7-8,10,12H2,1-4H3. The summed E-state index contributed by atoms with van der Waals surface area (Å²) in [6.07, 6.45) is 5.93. The number of piperazine rings is 1. The van der Waals surface area contributed by atoms with Gasteiger partial charge in [0.15, 0.2) is 0 Å². The van der Waals surface area contributed by atoms with Crippen molar-refractivity contribution in [1.29, 1.82) is 0 Å². The molecule has 1 aliphatic rings. The van der Waals surface area contributed by atoms with Gasteiger partial charge in [0.2, 0.25) is 0 Å². The van der Waals surface area contributed by atoms with E-state index in [1.807, 2.05) is 30.2 Å². The molecular weight excluding hydrogens is 288 g/mol. The Morgan fingerprint density at radius 1 is 1.30 bits per heavy atom. The number of nitrogens with zero attached hydrogens (tertiary/aromatic N) is 6. The molecule has 0 radical (unpaired) electrons. The predicted octanol–water partition coefficient (Wildman–Crippen LogP) is 2.04. The van der Waals surface area contributed by atoms with Crippen LogP contribution in [-0.4, -0.2) is 50.3 Å². The summed E-state index contributed by atoms with van der Waals surface area (Å²) in [4.78, 5) is 14.0. The van der Waals surface area contributed by atoms with Gasteiger partial charge in [0.25, 0.3) is 0 Å². The van der Waals surface area contributed by atoms with Crippen LogP contribution in [0.25, 0.3) is 0 Å². The second-order valence-corrected chi connectivity index (χ2v) is 6.72. The lowest BCUT2D eigenvalue weighted by Crippen LogP contribution is -2.51. The monoisotopic (exact) mass is 314 g/mol. The fraction of sp³-hybridized carbons (Fsp3) is 0.588. The Kier molecular flexibility index (Phi) is 4.61. The van der Waals surface area contributed by atoms with Crippen LogP contribution in [0.15, 0.2) is 24.7 Å². The van der Waals surface area contributed by atoms with Gasteiger partial charge >= 0.3 is 0 Å². The van der Waals surface area contributed by atoms with E-state index < -0.39 is 0 Å². The molecule has 0 amide bonds. The van der Waals surface area contributed by atoms with E-state index in [9.17, 15) is 0 Å². The fourth-order valence-corrected chi connectivity index (χ4v) is 3.04. The molecule has 3 rings (SSSR count). The SMILES string of the molecule is CC(C)c1nccc(N2CCN(Cc3cnn(C)c3)C(C)C2)n1. The van der Waals surface area contributed by atoms with E-state index in [1.165, 1.54) is 5.56 Å². The molecule has 2 aromatic rings. The van der Waals surface area contributed by atoms with Gasteiger partial charge in [-0.2, -0.15) is 5.10 Å². The third-order valence-corrected chi connectivity index (χ3v) is 4.41. The van der Waals surface area contributed by atoms with Gasteiger partial charge in [-0.3, -0.25) is 9.58 Å². The molecule has 2 aromatic heterocycles. The number of anilines is 1. The maximum Gasteiger partial charge on any atom is 0.133 e. The van der Waals surface area contributed by atoms with Crippen LogP contribution in [-0.2, 0) is 13.6 Å². The zero-order chi connectivity index (χ0) is 16.4. The predicted molar refractivity (Wildman–Crippen MR) is 91.4 cm³/mol. The molecule has 0 aromatic carbocycles. The largest absolute Gasteiger partial charge is 0.354 e. The van der Waals surface area contributed by atoms with Crippen molar-refractivity contribution in [2.75, 3.05) is 24.5 Å². The van der Waals surface area contributed by atoms with Crippen LogP contribution in [0.3, 0.4) is 0 Å². The van der Waals surface area contributed by atoms with Crippen molar-refractivity contribution >= 4 is 5.82 Å². The zero-order valence-corrected chi connectivity index (χ0v) is 14.5. The second kappa shape index (κ2) is 6.66. The molecule has 6 heteroatoms. The van der Waals surface area contributed by atoms with Crippen molar-refractivity contribution in [2.24, 2.45) is 7.05 Å². The van der Waals surface area contributed by atoms with Crippen LogP contribution < -0.4 is 4.90 Å². The number of aryl methyl sites for hydroxylation is 1. The van der Waals surface area contributed by atoms with Crippen molar-refractivity contribution in [3.8, 4) is 0 Å². The minimum absolute atomic E-state index is 0.360. The summed E-state index contributed by atoms with van der Waals surface area (Å²) >= 11 is 0. The second-order valence-electron chi connectivity index (χ2n) is 6.72. The van der Waals surface area contributed by atoms with Crippen LogP contribution in [0.4, 0.5) is 5.82 Å². The molecule has 0 aliphatic carbocycles. The first-order chi connectivity index (χ1) is 11.0. The molecule has 1 fully saturated rings. The smallest absolute Gasteiger partial charge is 0.133 e. The summed E-state index contributed by atoms with van der Waals surface area (Å²) in [5.74, 6) is 2.34. The molecule has 3 heterocycles. The lowest BCUT2D eigenvalue weighted by atomic mass is 10.1. The van der Waals surface area contributed by atoms with Gasteiger partial charge in [0.05, 0.1) is 6.20 Å². The number of rotatable bonds is 4. The molecule has 0 bridgehead atoms. The number of hydrogen-bond acceptors (Lipinski definition) is 5. The summed E-state index contributed by atoms with van der Waals surface area (Å²) in [6.45, 7) is 10.5. The molecule has 6 nitrogen and oxygen atoms in total. The van der Waals surface area contributed by atoms with Crippen molar-refractivity contribution in [1.82, 2.24) is 24.6 Å². The average molecular weight is 314 g/mol. The highest BCUT2D eigenvalue weighted by molar-refractivity contribution is 5.38. The quantitative estimate of drug-likeness (QED) is 0.864. The van der Waals surface area contributed by atoms with E-state index in [1.54, 1.807) is 0 Å². The first-order valence-electron chi connectivity index (χ1n) is 8.32. The molecular formula is C17H26N6. The van der Waals surface area contributed by atoms with Gasteiger partial charge in [0.1, 0.15) is 11.6 Å². The highest BCUT2D eigenvalue weighted by Gasteiger charge is 2.25. The highest BCUT2D eigenvalue weighted by atomic mass is 15.3. The highest BCUT2D eigenvalue weighted by Crippen LogP contribution is 2.20. The zero-order valence-electron chi connectivity index (χ0n) is 14.5. The van der Waals surface area contributed by atoms with Crippen LogP contribution in [0.5, 0.6) is 0 Å². The Bertz CT molecular complexity index is 650. The van der Waals surface area contributed by atoms with Crippen LogP contribution >= 0.6 is 0 Å². The van der Waals surface area contributed by atoms with Gasteiger partial charge < -0.3 is 4.90 Å². The van der Waals surface area contributed by atoms with Crippen LogP contribution in [0, 0.1) is 0 Å². The van der Waals surface area contributed by atoms with Crippen LogP contribution in [0.1, 0.15) is 38.1 Å². The molecule has 1 aliphatic heterocycles. The summed E-state index contributed by atoms with van der Waals surface area (Å²) in [5.41, 5.74) is 1.27. The van der Waals surface area contributed by atoms with E-state index in [0.717, 1.165) is 37.8 Å². The molecule has 1 atom stereocenters. The van der Waals surface area contributed by atoms with Crippen molar-refractivity contribution in [3.63, 3.8) is 0 Å².